The Bertz CT molecular complexity index is 2590. The number of rotatable bonds is 17. The molecule has 3 aromatic rings. The molecule has 1 aliphatic carbocycles. The van der Waals surface area contributed by atoms with E-state index < -0.39 is 90.5 Å². The standard InChI is InChI=1S/C46H62FN6O13P/c1-11-46(60)30-19-34-38-28(21-53(34)40(56)29(30)22-62-42(46)58)37-32(16-15-27-24(2)31(47)20-33(51-38)36(27)37)50-35(54)23-64-67(61,63-18-14-12-13-17-48-43(59)66-45(8,9)10)52-25(3)39(55)49-26(4)41(57)65-44(5,6)7/h19-20,25-26,32,60H,11-18,21-23H2,1-10H3,(H,48,59)(H,49,55)(H,50,54)(H,52,61)/t25?,26?,32-,46-,67?/m0/s1. The Morgan fingerprint density at radius 3 is 2.37 bits per heavy atom. The first-order chi connectivity index (χ1) is 31.3. The lowest BCUT2D eigenvalue weighted by Gasteiger charge is -2.31. The molecule has 1 aromatic carbocycles. The highest BCUT2D eigenvalue weighted by molar-refractivity contribution is 7.51. The van der Waals surface area contributed by atoms with Gasteiger partial charge in [-0.3, -0.25) is 23.4 Å². The molecular formula is C46H62FN6O13P. The van der Waals surface area contributed by atoms with Crippen LogP contribution in [-0.2, 0) is 72.2 Å². The van der Waals surface area contributed by atoms with Crippen LogP contribution in [0.1, 0.15) is 134 Å². The van der Waals surface area contributed by atoms with Crippen molar-refractivity contribution in [2.45, 2.75) is 156 Å². The van der Waals surface area contributed by atoms with Crippen molar-refractivity contribution in [3.05, 3.63) is 61.7 Å². The van der Waals surface area contributed by atoms with Crippen LogP contribution in [0.2, 0.25) is 0 Å². The number of hydrogen-bond acceptors (Lipinski definition) is 14. The quantitative estimate of drug-likeness (QED) is 0.0390. The summed E-state index contributed by atoms with van der Waals surface area (Å²) in [6.07, 6.45) is 1.46. The predicted octanol–water partition coefficient (Wildman–Crippen LogP) is 5.29. The highest BCUT2D eigenvalue weighted by atomic mass is 31.2. The summed E-state index contributed by atoms with van der Waals surface area (Å²) in [5.41, 5.74) is -0.586. The van der Waals surface area contributed by atoms with Gasteiger partial charge in [-0.2, -0.15) is 0 Å². The molecule has 6 rings (SSSR count). The maximum absolute atomic E-state index is 15.5. The first-order valence-corrected chi connectivity index (χ1v) is 24.1. The zero-order chi connectivity index (χ0) is 49.4. The van der Waals surface area contributed by atoms with E-state index in [-0.39, 0.29) is 42.8 Å². The summed E-state index contributed by atoms with van der Waals surface area (Å²) in [6.45, 7) is 15.5. The number of halogens is 1. The maximum Gasteiger partial charge on any atom is 0.407 e. The highest BCUT2D eigenvalue weighted by Crippen LogP contribution is 2.47. The molecule has 0 spiro atoms. The summed E-state index contributed by atoms with van der Waals surface area (Å²) in [5, 5.41) is 22.7. The second kappa shape index (κ2) is 19.8. The van der Waals surface area contributed by atoms with Gasteiger partial charge in [-0.1, -0.05) is 6.92 Å². The number of nitrogens with one attached hydrogen (secondary N) is 4. The Hall–Kier alpha value is -5.27. The van der Waals surface area contributed by atoms with Crippen LogP contribution in [0.3, 0.4) is 0 Å². The van der Waals surface area contributed by atoms with Crippen LogP contribution in [0.15, 0.2) is 16.9 Å². The number of aromatic nitrogens is 2. The molecule has 19 nitrogen and oxygen atoms in total. The van der Waals surface area contributed by atoms with E-state index >= 15 is 4.39 Å². The van der Waals surface area contributed by atoms with Gasteiger partial charge >= 0.3 is 25.8 Å². The van der Waals surface area contributed by atoms with E-state index in [1.165, 1.54) is 24.5 Å². The molecule has 0 saturated heterocycles. The van der Waals surface area contributed by atoms with Crippen LogP contribution >= 0.6 is 7.75 Å². The molecule has 3 aliphatic rings. The third kappa shape index (κ3) is 11.4. The molecule has 4 heterocycles. The maximum atomic E-state index is 15.5. The van der Waals surface area contributed by atoms with Crippen molar-refractivity contribution in [3.63, 3.8) is 0 Å². The third-order valence-corrected chi connectivity index (χ3v) is 13.4. The number of ether oxygens (including phenoxy) is 3. The van der Waals surface area contributed by atoms with Crippen molar-refractivity contribution >= 4 is 48.5 Å². The number of amides is 3. The molecule has 5 atom stereocenters. The number of cyclic esters (lactones) is 1. The zero-order valence-corrected chi connectivity index (χ0v) is 40.6. The number of aliphatic hydroxyl groups is 1. The van der Waals surface area contributed by atoms with Gasteiger partial charge in [0, 0.05) is 29.1 Å². The molecule has 3 amide bonds. The van der Waals surface area contributed by atoms with E-state index in [0.29, 0.717) is 77.7 Å². The van der Waals surface area contributed by atoms with E-state index in [0.717, 1.165) is 0 Å². The molecule has 67 heavy (non-hydrogen) atoms. The number of alkyl carbamates (subject to hydrolysis) is 1. The molecule has 0 bridgehead atoms. The molecule has 2 aromatic heterocycles. The Morgan fingerprint density at radius 1 is 1.00 bits per heavy atom. The van der Waals surface area contributed by atoms with Gasteiger partial charge < -0.3 is 39.8 Å². The second-order valence-electron chi connectivity index (χ2n) is 19.2. The second-order valence-corrected chi connectivity index (χ2v) is 20.9. The topological polar surface area (TPSA) is 252 Å². The van der Waals surface area contributed by atoms with Gasteiger partial charge in [0.05, 0.1) is 47.7 Å². The first kappa shape index (κ1) is 51.1. The summed E-state index contributed by atoms with van der Waals surface area (Å²) >= 11 is 0. The van der Waals surface area contributed by atoms with Crippen LogP contribution < -0.4 is 26.6 Å². The normalized spacial score (nSPS) is 19.2. The van der Waals surface area contributed by atoms with Crippen molar-refractivity contribution in [3.8, 4) is 11.4 Å². The number of aryl methyl sites for hydroxylation is 1. The fourth-order valence-corrected chi connectivity index (χ4v) is 9.84. The van der Waals surface area contributed by atoms with Gasteiger partial charge in [-0.05, 0) is 124 Å². The summed E-state index contributed by atoms with van der Waals surface area (Å²) in [5.74, 6) is -3.49. The predicted molar refractivity (Wildman–Crippen MR) is 242 cm³/mol. The van der Waals surface area contributed by atoms with Gasteiger partial charge in [-0.25, -0.2) is 33.4 Å². The van der Waals surface area contributed by atoms with Gasteiger partial charge in [0.25, 0.3) is 5.56 Å². The first-order valence-electron chi connectivity index (χ1n) is 22.5. The van der Waals surface area contributed by atoms with Crippen LogP contribution in [0.4, 0.5) is 9.18 Å². The van der Waals surface area contributed by atoms with Crippen molar-refractivity contribution in [2.75, 3.05) is 19.8 Å². The fraction of sp³-hybridized carbons (Fsp3) is 0.587. The molecule has 2 aliphatic heterocycles. The minimum atomic E-state index is -4.45. The van der Waals surface area contributed by atoms with E-state index in [9.17, 15) is 38.4 Å². The van der Waals surface area contributed by atoms with Gasteiger partial charge in [0.2, 0.25) is 11.8 Å². The molecule has 3 unspecified atom stereocenters. The molecule has 21 heteroatoms. The van der Waals surface area contributed by atoms with Gasteiger partial charge in [0.1, 0.15) is 36.3 Å². The number of carbonyl (C=O) groups excluding carboxylic acids is 5. The number of benzene rings is 1. The summed E-state index contributed by atoms with van der Waals surface area (Å²) in [7, 11) is -4.45. The SMILES string of the molecule is CC[C@@]1(O)C(=O)OCc2c1cc1n(c2=O)Cc2c-1nc1cc(F)c(C)c3c1c2[C@@H](NC(=O)COP(=O)(NC(C)C(=O)NC(C)C(=O)OC(C)(C)C)OCCCCCNC(=O)OC(C)(C)C)CC3. The average molecular weight is 957 g/mol. The van der Waals surface area contributed by atoms with Gasteiger partial charge in [0.15, 0.2) is 5.60 Å². The summed E-state index contributed by atoms with van der Waals surface area (Å²) < 4.78 is 58.5. The smallest absolute Gasteiger partial charge is 0.407 e. The van der Waals surface area contributed by atoms with Crippen LogP contribution in [-0.4, -0.2) is 87.5 Å². The fourth-order valence-electron chi connectivity index (χ4n) is 8.37. The van der Waals surface area contributed by atoms with Crippen LogP contribution in [0.25, 0.3) is 22.3 Å². The number of hydrogen-bond donors (Lipinski definition) is 5. The monoisotopic (exact) mass is 956 g/mol. The highest BCUT2D eigenvalue weighted by Gasteiger charge is 2.46. The Balaban J connectivity index is 1.22. The number of fused-ring (bicyclic) bond motifs is 5. The molecular weight excluding hydrogens is 895 g/mol. The number of carbonyl (C=O) groups is 5. The molecule has 0 saturated carbocycles. The lowest BCUT2D eigenvalue weighted by molar-refractivity contribution is -0.172. The largest absolute Gasteiger partial charge is 0.458 e. The third-order valence-electron chi connectivity index (χ3n) is 11.7. The number of pyridine rings is 2. The number of unbranched alkanes of at least 4 members (excludes halogenated alkanes) is 2. The average Bonchev–Trinajstić information content (AvgIpc) is 3.60. The van der Waals surface area contributed by atoms with E-state index in [4.69, 9.17) is 28.2 Å². The van der Waals surface area contributed by atoms with Crippen molar-refractivity contribution in [2.24, 2.45) is 0 Å². The Labute approximate surface area is 388 Å². The summed E-state index contributed by atoms with van der Waals surface area (Å²) in [4.78, 5) is 83.4. The number of esters is 2. The summed E-state index contributed by atoms with van der Waals surface area (Å²) in [6, 6.07) is -0.192. The zero-order valence-electron chi connectivity index (χ0n) is 39.7. The van der Waals surface area contributed by atoms with Crippen LogP contribution in [0.5, 0.6) is 0 Å². The molecule has 5 N–H and O–H groups in total. The van der Waals surface area contributed by atoms with E-state index in [2.05, 4.69) is 21.0 Å². The minimum Gasteiger partial charge on any atom is -0.458 e. The van der Waals surface area contributed by atoms with E-state index in [1.54, 1.807) is 61.5 Å². The molecule has 0 fully saturated rings. The van der Waals surface area contributed by atoms with E-state index in [1.807, 2.05) is 0 Å². The van der Waals surface area contributed by atoms with Crippen molar-refractivity contribution < 1.29 is 61.3 Å². The molecule has 0 radical (unpaired) electrons. The Kier molecular flexibility index (Phi) is 15.1. The number of nitrogens with zero attached hydrogens (tertiary/aromatic N) is 2. The minimum absolute atomic E-state index is 0.0167. The van der Waals surface area contributed by atoms with Crippen molar-refractivity contribution in [1.29, 1.82) is 0 Å². The lowest BCUT2D eigenvalue weighted by Crippen LogP contribution is -2.48. The van der Waals surface area contributed by atoms with Gasteiger partial charge in [-0.15, -0.1) is 0 Å². The Morgan fingerprint density at radius 2 is 1.70 bits per heavy atom. The lowest BCUT2D eigenvalue weighted by atomic mass is 9.81. The van der Waals surface area contributed by atoms with Crippen LogP contribution in [0, 0.1) is 12.7 Å². The molecule has 366 valence electrons. The van der Waals surface area contributed by atoms with Crippen molar-refractivity contribution in [1.82, 2.24) is 30.6 Å².